The molecule has 2 N–H and O–H groups in total. The van der Waals surface area contributed by atoms with Crippen LogP contribution in [-0.4, -0.2) is 6.61 Å². The van der Waals surface area contributed by atoms with E-state index >= 15 is 0 Å². The van der Waals surface area contributed by atoms with Crippen molar-refractivity contribution in [1.29, 1.82) is 5.26 Å². The summed E-state index contributed by atoms with van der Waals surface area (Å²) in [4.78, 5) is 0. The highest BCUT2D eigenvalue weighted by Crippen LogP contribution is 2.29. The molecule has 0 heterocycles. The van der Waals surface area contributed by atoms with E-state index in [1.807, 2.05) is 6.92 Å². The number of nitrogens with two attached hydrogens (primary N) is 1. The third-order valence-electron chi connectivity index (χ3n) is 2.57. The highest BCUT2D eigenvalue weighted by Gasteiger charge is 2.03. The number of anilines is 1. The first-order valence-corrected chi connectivity index (χ1v) is 6.42. The number of ether oxygens (including phenoxy) is 2. The summed E-state index contributed by atoms with van der Waals surface area (Å²) < 4.78 is 11.3. The Morgan fingerprint density at radius 2 is 1.90 bits per heavy atom. The maximum atomic E-state index is 8.87. The fourth-order valence-corrected chi connectivity index (χ4v) is 1.72. The zero-order valence-corrected chi connectivity index (χ0v) is 11.3. The largest absolute Gasteiger partial charge is 0.493 e. The van der Waals surface area contributed by atoms with Crippen molar-refractivity contribution in [2.45, 2.75) is 13.3 Å². The van der Waals surface area contributed by atoms with E-state index in [2.05, 4.69) is 6.07 Å². The van der Waals surface area contributed by atoms with Crippen molar-refractivity contribution < 1.29 is 9.47 Å². The van der Waals surface area contributed by atoms with Crippen LogP contribution >= 0.6 is 0 Å². The molecular formula is C16H16N2O2. The molecule has 102 valence electrons. The molecule has 2 aromatic carbocycles. The fourth-order valence-electron chi connectivity index (χ4n) is 1.72. The number of nitriles is 1. The molecule has 0 fully saturated rings. The first-order chi connectivity index (χ1) is 9.71. The van der Waals surface area contributed by atoms with Gasteiger partial charge in [0.15, 0.2) is 0 Å². The first kappa shape index (κ1) is 13.8. The van der Waals surface area contributed by atoms with E-state index in [1.54, 1.807) is 42.5 Å². The lowest BCUT2D eigenvalue weighted by atomic mass is 10.2. The van der Waals surface area contributed by atoms with Gasteiger partial charge >= 0.3 is 0 Å². The van der Waals surface area contributed by atoms with Crippen LogP contribution < -0.4 is 15.2 Å². The van der Waals surface area contributed by atoms with Gasteiger partial charge in [0.1, 0.15) is 17.2 Å². The minimum absolute atomic E-state index is 0.550. The van der Waals surface area contributed by atoms with Crippen molar-refractivity contribution in [3.63, 3.8) is 0 Å². The molecule has 0 spiro atoms. The monoisotopic (exact) mass is 268 g/mol. The number of nitrogen functional groups attached to an aromatic ring is 1. The van der Waals surface area contributed by atoms with Crippen LogP contribution in [0, 0.1) is 11.3 Å². The van der Waals surface area contributed by atoms with Gasteiger partial charge in [0.2, 0.25) is 0 Å². The van der Waals surface area contributed by atoms with Crippen LogP contribution in [0.2, 0.25) is 0 Å². The fraction of sp³-hybridized carbons (Fsp3) is 0.188. The van der Waals surface area contributed by atoms with Gasteiger partial charge in [-0.25, -0.2) is 0 Å². The summed E-state index contributed by atoms with van der Waals surface area (Å²) in [6, 6.07) is 14.3. The molecule has 4 nitrogen and oxygen atoms in total. The van der Waals surface area contributed by atoms with E-state index in [-0.39, 0.29) is 0 Å². The normalized spacial score (nSPS) is 9.80. The summed E-state index contributed by atoms with van der Waals surface area (Å²) in [5.41, 5.74) is 6.95. The Morgan fingerprint density at radius 3 is 2.65 bits per heavy atom. The quantitative estimate of drug-likeness (QED) is 0.839. The van der Waals surface area contributed by atoms with E-state index < -0.39 is 0 Å². The van der Waals surface area contributed by atoms with Gasteiger partial charge in [0, 0.05) is 23.9 Å². The Kier molecular flexibility index (Phi) is 4.46. The predicted molar refractivity (Wildman–Crippen MR) is 77.9 cm³/mol. The Hall–Kier alpha value is -2.67. The standard InChI is InChI=1S/C16H16N2O2/c1-2-6-19-15-8-13(18)9-16(10-15)20-14-5-3-4-12(7-14)11-17/h3-5,7-10H,2,6,18H2,1H3. The molecule has 0 aliphatic rings. The molecule has 0 aliphatic carbocycles. The maximum Gasteiger partial charge on any atom is 0.133 e. The summed E-state index contributed by atoms with van der Waals surface area (Å²) in [5, 5.41) is 8.87. The van der Waals surface area contributed by atoms with Crippen LogP contribution in [0.1, 0.15) is 18.9 Å². The highest BCUT2D eigenvalue weighted by molar-refractivity contribution is 5.51. The van der Waals surface area contributed by atoms with Gasteiger partial charge in [-0.1, -0.05) is 13.0 Å². The van der Waals surface area contributed by atoms with E-state index in [1.165, 1.54) is 0 Å². The van der Waals surface area contributed by atoms with Crippen molar-refractivity contribution in [2.75, 3.05) is 12.3 Å². The van der Waals surface area contributed by atoms with Crippen molar-refractivity contribution >= 4 is 5.69 Å². The molecule has 0 amide bonds. The molecule has 0 aromatic heterocycles. The molecule has 2 aromatic rings. The van der Waals surface area contributed by atoms with Gasteiger partial charge in [-0.2, -0.15) is 5.26 Å². The molecule has 20 heavy (non-hydrogen) atoms. The summed E-state index contributed by atoms with van der Waals surface area (Å²) in [6.07, 6.45) is 0.926. The lowest BCUT2D eigenvalue weighted by Crippen LogP contribution is -1.97. The third kappa shape index (κ3) is 3.66. The molecular weight excluding hydrogens is 252 g/mol. The summed E-state index contributed by atoms with van der Waals surface area (Å²) in [6.45, 7) is 2.67. The average Bonchev–Trinajstić information content (AvgIpc) is 2.44. The Balaban J connectivity index is 2.20. The Labute approximate surface area is 118 Å². The molecule has 4 heteroatoms. The van der Waals surface area contributed by atoms with Gasteiger partial charge < -0.3 is 15.2 Å². The van der Waals surface area contributed by atoms with Crippen LogP contribution in [0.15, 0.2) is 42.5 Å². The molecule has 0 aliphatic heterocycles. The van der Waals surface area contributed by atoms with Crippen molar-refractivity contribution in [3.05, 3.63) is 48.0 Å². The number of nitrogens with zero attached hydrogens (tertiary/aromatic N) is 1. The zero-order chi connectivity index (χ0) is 14.4. The molecule has 0 unspecified atom stereocenters. The lowest BCUT2D eigenvalue weighted by molar-refractivity contribution is 0.316. The van der Waals surface area contributed by atoms with E-state index in [0.717, 1.165) is 6.42 Å². The molecule has 0 bridgehead atoms. The Bertz CT molecular complexity index is 633. The summed E-state index contributed by atoms with van der Waals surface area (Å²) in [7, 11) is 0. The molecule has 0 saturated carbocycles. The number of hydrogen-bond acceptors (Lipinski definition) is 4. The second kappa shape index (κ2) is 6.48. The number of rotatable bonds is 5. The average molecular weight is 268 g/mol. The summed E-state index contributed by atoms with van der Waals surface area (Å²) in [5.74, 6) is 1.86. The van der Waals surface area contributed by atoms with E-state index in [9.17, 15) is 0 Å². The van der Waals surface area contributed by atoms with Crippen molar-refractivity contribution in [3.8, 4) is 23.3 Å². The second-order valence-corrected chi connectivity index (χ2v) is 4.33. The SMILES string of the molecule is CCCOc1cc(N)cc(Oc2cccc(C#N)c2)c1. The van der Waals surface area contributed by atoms with Crippen LogP contribution in [0.4, 0.5) is 5.69 Å². The van der Waals surface area contributed by atoms with Crippen LogP contribution in [0.3, 0.4) is 0 Å². The first-order valence-electron chi connectivity index (χ1n) is 6.42. The van der Waals surface area contributed by atoms with Gasteiger partial charge in [0.05, 0.1) is 18.2 Å². The number of benzene rings is 2. The minimum atomic E-state index is 0.550. The zero-order valence-electron chi connectivity index (χ0n) is 11.3. The third-order valence-corrected chi connectivity index (χ3v) is 2.57. The van der Waals surface area contributed by atoms with Crippen molar-refractivity contribution in [1.82, 2.24) is 0 Å². The van der Waals surface area contributed by atoms with Crippen LogP contribution in [0.25, 0.3) is 0 Å². The maximum absolute atomic E-state index is 8.87. The van der Waals surface area contributed by atoms with Crippen LogP contribution in [-0.2, 0) is 0 Å². The van der Waals surface area contributed by atoms with Crippen LogP contribution in [0.5, 0.6) is 17.2 Å². The van der Waals surface area contributed by atoms with Crippen molar-refractivity contribution in [2.24, 2.45) is 0 Å². The second-order valence-electron chi connectivity index (χ2n) is 4.33. The van der Waals surface area contributed by atoms with Gasteiger partial charge in [-0.3, -0.25) is 0 Å². The van der Waals surface area contributed by atoms with Gasteiger partial charge in [-0.05, 0) is 24.6 Å². The highest BCUT2D eigenvalue weighted by atomic mass is 16.5. The van der Waals surface area contributed by atoms with Gasteiger partial charge in [0.25, 0.3) is 0 Å². The molecule has 2 rings (SSSR count). The van der Waals surface area contributed by atoms with Gasteiger partial charge in [-0.15, -0.1) is 0 Å². The molecule has 0 atom stereocenters. The topological polar surface area (TPSA) is 68.3 Å². The number of hydrogen-bond donors (Lipinski definition) is 1. The van der Waals surface area contributed by atoms with E-state index in [0.29, 0.717) is 35.1 Å². The smallest absolute Gasteiger partial charge is 0.133 e. The minimum Gasteiger partial charge on any atom is -0.493 e. The van der Waals surface area contributed by atoms with E-state index in [4.69, 9.17) is 20.5 Å². The Morgan fingerprint density at radius 1 is 1.10 bits per heavy atom. The lowest BCUT2D eigenvalue weighted by Gasteiger charge is -2.10. The summed E-state index contributed by atoms with van der Waals surface area (Å²) >= 11 is 0. The molecule has 0 saturated heterocycles. The predicted octanol–water partition coefficient (Wildman–Crippen LogP) is 3.72. The molecule has 0 radical (unpaired) electrons.